The number of phosphoric acid groups is 1. The molecule has 0 saturated carbocycles. The van der Waals surface area contributed by atoms with Crippen LogP contribution in [0, 0.1) is 0 Å². The van der Waals surface area contributed by atoms with Crippen LogP contribution in [0.5, 0.6) is 0 Å². The van der Waals surface area contributed by atoms with E-state index in [1.165, 1.54) is 83.5 Å². The predicted molar refractivity (Wildman–Crippen MR) is 151 cm³/mol. The maximum atomic E-state index is 11.8. The summed E-state index contributed by atoms with van der Waals surface area (Å²) >= 11 is 0. The van der Waals surface area contributed by atoms with Crippen molar-refractivity contribution in [1.29, 1.82) is 0 Å². The quantitative estimate of drug-likeness (QED) is 0.0527. The monoisotopic (exact) mass is 570 g/mol. The van der Waals surface area contributed by atoms with Crippen molar-refractivity contribution in [3.05, 3.63) is 0 Å². The Labute approximate surface area is 232 Å². The van der Waals surface area contributed by atoms with Crippen LogP contribution < -0.4 is 0 Å². The molecule has 9 nitrogen and oxygen atoms in total. The minimum Gasteiger partial charge on any atom is -0.321 e. The van der Waals surface area contributed by atoms with Gasteiger partial charge in [0.25, 0.3) is 0 Å². The number of ether oxygens (including phenoxy) is 5. The van der Waals surface area contributed by atoms with Crippen LogP contribution >= 0.6 is 7.82 Å². The fraction of sp³-hybridized carbons (Fsp3) is 1.00. The van der Waals surface area contributed by atoms with Crippen LogP contribution in [0.4, 0.5) is 0 Å². The van der Waals surface area contributed by atoms with Gasteiger partial charge in [0.2, 0.25) is 0 Å². The number of phosphoric ester groups is 1. The Bertz CT molecular complexity index is 559. The molecular formula is C28H59O9P. The molecule has 0 amide bonds. The molecule has 0 radical (unpaired) electrons. The maximum absolute atomic E-state index is 11.8. The third kappa shape index (κ3) is 16.9. The summed E-state index contributed by atoms with van der Waals surface area (Å²) in [6, 6.07) is 0. The Morgan fingerprint density at radius 2 is 0.789 bits per heavy atom. The van der Waals surface area contributed by atoms with Crippen LogP contribution in [0.15, 0.2) is 0 Å². The summed E-state index contributed by atoms with van der Waals surface area (Å²) in [5.74, 6) is -4.49. The van der Waals surface area contributed by atoms with Crippen LogP contribution in [-0.4, -0.2) is 54.8 Å². The normalized spacial score (nSPS) is 12.9. The molecule has 0 fully saturated rings. The molecule has 0 heterocycles. The zero-order valence-electron chi connectivity index (χ0n) is 25.0. The zero-order chi connectivity index (χ0) is 28.6. The first-order valence-corrected chi connectivity index (χ1v) is 16.7. The summed E-state index contributed by atoms with van der Waals surface area (Å²) in [7, 11) is -5.06. The van der Waals surface area contributed by atoms with Crippen molar-refractivity contribution in [2.75, 3.05) is 33.0 Å². The fourth-order valence-electron chi connectivity index (χ4n) is 4.49. The van der Waals surface area contributed by atoms with Gasteiger partial charge in [-0.3, -0.25) is 0 Å². The molecule has 0 aromatic heterocycles. The van der Waals surface area contributed by atoms with E-state index in [-0.39, 0.29) is 33.0 Å². The highest BCUT2D eigenvalue weighted by atomic mass is 31.2. The summed E-state index contributed by atoms with van der Waals surface area (Å²) < 4.78 is 45.5. The van der Waals surface area contributed by atoms with Gasteiger partial charge in [-0.25, -0.2) is 9.09 Å². The molecule has 0 spiro atoms. The molecule has 0 aliphatic rings. The van der Waals surface area contributed by atoms with Crippen molar-refractivity contribution in [2.45, 2.75) is 149 Å². The molecule has 10 heteroatoms. The molecule has 0 aromatic carbocycles. The first-order chi connectivity index (χ1) is 18.3. The van der Waals surface area contributed by atoms with Gasteiger partial charge in [-0.1, -0.05) is 103 Å². The average molecular weight is 571 g/mol. The van der Waals surface area contributed by atoms with Crippen LogP contribution in [0.3, 0.4) is 0 Å². The van der Waals surface area contributed by atoms with Crippen LogP contribution in [0.2, 0.25) is 0 Å². The third-order valence-corrected chi connectivity index (χ3v) is 6.72. The Morgan fingerprint density at radius 3 is 1.11 bits per heavy atom. The first kappa shape index (κ1) is 37.9. The highest BCUT2D eigenvalue weighted by Crippen LogP contribution is 2.48. The molecule has 0 aliphatic heterocycles. The summed E-state index contributed by atoms with van der Waals surface area (Å²) in [6.45, 7) is 9.48. The van der Waals surface area contributed by atoms with Crippen molar-refractivity contribution in [3.63, 3.8) is 0 Å². The molecule has 0 saturated heterocycles. The van der Waals surface area contributed by atoms with E-state index in [0.29, 0.717) is 0 Å². The Kier molecular flexibility index (Phi) is 23.5. The van der Waals surface area contributed by atoms with Crippen molar-refractivity contribution < 1.29 is 42.6 Å². The Hall–Kier alpha value is -0.0900. The second-order valence-electron chi connectivity index (χ2n) is 9.58. The van der Waals surface area contributed by atoms with E-state index < -0.39 is 19.8 Å². The lowest BCUT2D eigenvalue weighted by atomic mass is 10.0. The molecule has 0 aromatic rings. The SMILES string of the molecule is CCCCCCCCCCCCCCCCCCOC(OCC)(OCC)C(OCC)(OCC)OP(=O)(O)O. The lowest BCUT2D eigenvalue weighted by Crippen LogP contribution is -2.64. The molecule has 38 heavy (non-hydrogen) atoms. The molecule has 0 atom stereocenters. The highest BCUT2D eigenvalue weighted by Gasteiger charge is 2.63. The predicted octanol–water partition coefficient (Wildman–Crippen LogP) is 7.83. The van der Waals surface area contributed by atoms with Gasteiger partial charge >= 0.3 is 19.8 Å². The standard InChI is InChI=1S/C28H59O9P/c1-6-11-12-13-14-15-16-17-18-19-20-21-22-23-24-25-26-36-27(32-7-2,33-8-3)28(34-9-4,35-10-5)37-38(29,30)31/h6-26H2,1-5H3,(H2,29,30,31). The second-order valence-corrected chi connectivity index (χ2v) is 10.7. The van der Waals surface area contributed by atoms with Crippen molar-refractivity contribution in [3.8, 4) is 0 Å². The van der Waals surface area contributed by atoms with Gasteiger partial charge < -0.3 is 33.5 Å². The summed E-state index contributed by atoms with van der Waals surface area (Å²) in [5, 5.41) is 0. The minimum absolute atomic E-state index is 0.0182. The van der Waals surface area contributed by atoms with E-state index in [2.05, 4.69) is 6.92 Å². The largest absolute Gasteiger partial charge is 0.474 e. The third-order valence-electron chi connectivity index (χ3n) is 6.24. The number of hydrogen-bond donors (Lipinski definition) is 2. The van der Waals surface area contributed by atoms with E-state index in [1.807, 2.05) is 0 Å². The van der Waals surface area contributed by atoms with E-state index in [4.69, 9.17) is 28.2 Å². The molecular weight excluding hydrogens is 511 g/mol. The Morgan fingerprint density at radius 1 is 0.474 bits per heavy atom. The average Bonchev–Trinajstić information content (AvgIpc) is 2.85. The van der Waals surface area contributed by atoms with E-state index in [9.17, 15) is 14.4 Å². The molecule has 0 rings (SSSR count). The summed E-state index contributed by atoms with van der Waals surface area (Å²) in [4.78, 5) is 19.2. The fourth-order valence-corrected chi connectivity index (χ4v) is 5.02. The van der Waals surface area contributed by atoms with Crippen LogP contribution in [0.1, 0.15) is 137 Å². The van der Waals surface area contributed by atoms with Crippen molar-refractivity contribution in [2.24, 2.45) is 0 Å². The zero-order valence-corrected chi connectivity index (χ0v) is 25.9. The van der Waals surface area contributed by atoms with Gasteiger partial charge in [0, 0.05) is 26.4 Å². The lowest BCUT2D eigenvalue weighted by Gasteiger charge is -2.45. The van der Waals surface area contributed by atoms with Gasteiger partial charge in [-0.05, 0) is 34.1 Å². The molecule has 0 bridgehead atoms. The van der Waals surface area contributed by atoms with Crippen molar-refractivity contribution >= 4 is 7.82 Å². The van der Waals surface area contributed by atoms with Gasteiger partial charge in [0.15, 0.2) is 0 Å². The molecule has 0 unspecified atom stereocenters. The summed E-state index contributed by atoms with van der Waals surface area (Å²) in [5.41, 5.74) is 0. The second kappa shape index (κ2) is 23.6. The van der Waals surface area contributed by atoms with Crippen LogP contribution in [0.25, 0.3) is 0 Å². The number of unbranched alkanes of at least 4 members (excludes halogenated alkanes) is 15. The van der Waals surface area contributed by atoms with E-state index in [1.54, 1.807) is 27.7 Å². The molecule has 230 valence electrons. The van der Waals surface area contributed by atoms with E-state index in [0.717, 1.165) is 19.3 Å². The minimum atomic E-state index is -5.06. The number of rotatable bonds is 29. The molecule has 0 aliphatic carbocycles. The Balaban J connectivity index is 4.47. The van der Waals surface area contributed by atoms with Gasteiger partial charge in [0.1, 0.15) is 0 Å². The first-order valence-electron chi connectivity index (χ1n) is 15.2. The van der Waals surface area contributed by atoms with Crippen LogP contribution in [-0.2, 0) is 32.8 Å². The van der Waals surface area contributed by atoms with Gasteiger partial charge in [0.05, 0.1) is 6.61 Å². The highest BCUT2D eigenvalue weighted by molar-refractivity contribution is 7.46. The topological polar surface area (TPSA) is 113 Å². The smallest absolute Gasteiger partial charge is 0.321 e. The van der Waals surface area contributed by atoms with Gasteiger partial charge in [-0.2, -0.15) is 0 Å². The maximum Gasteiger partial charge on any atom is 0.474 e. The van der Waals surface area contributed by atoms with E-state index >= 15 is 0 Å². The lowest BCUT2D eigenvalue weighted by molar-refractivity contribution is -0.545. The summed E-state index contributed by atoms with van der Waals surface area (Å²) in [6.07, 6.45) is 20.2. The van der Waals surface area contributed by atoms with Gasteiger partial charge in [-0.15, -0.1) is 0 Å². The number of hydrogen-bond acceptors (Lipinski definition) is 7. The molecule has 2 N–H and O–H groups in total. The van der Waals surface area contributed by atoms with Crippen molar-refractivity contribution in [1.82, 2.24) is 0 Å².